The van der Waals surface area contributed by atoms with Gasteiger partial charge in [-0.05, 0) is 35.5 Å². The fourth-order valence-corrected chi connectivity index (χ4v) is 3.80. The molecular weight excluding hydrogens is 402 g/mol. The van der Waals surface area contributed by atoms with Crippen molar-refractivity contribution in [3.05, 3.63) is 63.5 Å². The molecule has 0 atom stereocenters. The second-order valence-electron chi connectivity index (χ2n) is 5.80. The molecule has 0 bridgehead atoms. The van der Waals surface area contributed by atoms with Crippen LogP contribution >= 0.6 is 23.4 Å². The van der Waals surface area contributed by atoms with Crippen molar-refractivity contribution in [3.8, 4) is 11.5 Å². The van der Waals surface area contributed by atoms with E-state index < -0.39 is 11.1 Å². The van der Waals surface area contributed by atoms with Crippen molar-refractivity contribution in [2.75, 3.05) is 20.8 Å². The number of carbonyl (C=O) groups is 3. The van der Waals surface area contributed by atoms with Gasteiger partial charge in [-0.2, -0.15) is 0 Å². The van der Waals surface area contributed by atoms with Crippen LogP contribution in [0.2, 0.25) is 5.02 Å². The van der Waals surface area contributed by atoms with Gasteiger partial charge in [-0.3, -0.25) is 19.3 Å². The average Bonchev–Trinajstić information content (AvgIpc) is 2.95. The maximum atomic E-state index is 12.6. The van der Waals surface area contributed by atoms with Crippen molar-refractivity contribution in [2.45, 2.75) is 0 Å². The van der Waals surface area contributed by atoms with Gasteiger partial charge in [0.05, 0.1) is 30.7 Å². The van der Waals surface area contributed by atoms with Gasteiger partial charge in [0, 0.05) is 5.56 Å². The highest BCUT2D eigenvalue weighted by atomic mass is 35.5. The predicted octanol–water partition coefficient (Wildman–Crippen LogP) is 4.28. The molecule has 144 valence electrons. The van der Waals surface area contributed by atoms with Crippen molar-refractivity contribution >= 4 is 46.4 Å². The molecule has 0 unspecified atom stereocenters. The van der Waals surface area contributed by atoms with E-state index in [9.17, 15) is 14.4 Å². The summed E-state index contributed by atoms with van der Waals surface area (Å²) in [6.07, 6.45) is 1.53. The topological polar surface area (TPSA) is 72.9 Å². The van der Waals surface area contributed by atoms with Gasteiger partial charge in [0.25, 0.3) is 11.1 Å². The number of rotatable bonds is 6. The van der Waals surface area contributed by atoms with Gasteiger partial charge in [-0.1, -0.05) is 41.9 Å². The fourth-order valence-electron chi connectivity index (χ4n) is 2.67. The number of ketones is 1. The Bertz CT molecular complexity index is 974. The van der Waals surface area contributed by atoms with Gasteiger partial charge in [-0.15, -0.1) is 0 Å². The Morgan fingerprint density at radius 2 is 1.86 bits per heavy atom. The molecule has 1 fully saturated rings. The van der Waals surface area contributed by atoms with E-state index >= 15 is 0 Å². The fraction of sp³-hybridized carbons (Fsp3) is 0.150. The third kappa shape index (κ3) is 4.05. The molecule has 2 amide bonds. The molecule has 1 heterocycles. The molecule has 1 saturated heterocycles. The zero-order valence-electron chi connectivity index (χ0n) is 15.1. The number of imide groups is 1. The van der Waals surface area contributed by atoms with E-state index in [1.165, 1.54) is 20.3 Å². The number of hydrogen-bond donors (Lipinski definition) is 0. The largest absolute Gasteiger partial charge is 0.493 e. The van der Waals surface area contributed by atoms with Crippen LogP contribution in [-0.4, -0.2) is 42.6 Å². The maximum Gasteiger partial charge on any atom is 0.293 e. The molecule has 8 heteroatoms. The highest BCUT2D eigenvalue weighted by Crippen LogP contribution is 2.38. The summed E-state index contributed by atoms with van der Waals surface area (Å²) in [7, 11) is 2.94. The number of thioether (sulfide) groups is 1. The second kappa shape index (κ2) is 8.50. The molecule has 28 heavy (non-hydrogen) atoms. The number of halogens is 1. The summed E-state index contributed by atoms with van der Waals surface area (Å²) in [4.78, 5) is 38.3. The Balaban J connectivity index is 1.83. The van der Waals surface area contributed by atoms with Gasteiger partial charge in [0.15, 0.2) is 17.3 Å². The molecule has 1 aliphatic rings. The number of nitrogens with zero attached hydrogens (tertiary/aromatic N) is 1. The summed E-state index contributed by atoms with van der Waals surface area (Å²) in [6.45, 7) is -0.307. The van der Waals surface area contributed by atoms with Gasteiger partial charge < -0.3 is 9.47 Å². The van der Waals surface area contributed by atoms with Crippen LogP contribution < -0.4 is 9.47 Å². The quantitative estimate of drug-likeness (QED) is 0.516. The number of benzene rings is 2. The van der Waals surface area contributed by atoms with E-state index in [1.54, 1.807) is 42.5 Å². The molecule has 2 aromatic carbocycles. The molecule has 0 aromatic heterocycles. The van der Waals surface area contributed by atoms with Crippen molar-refractivity contribution in [2.24, 2.45) is 0 Å². The summed E-state index contributed by atoms with van der Waals surface area (Å²) in [5.41, 5.74) is 1.01. The smallest absolute Gasteiger partial charge is 0.293 e. The number of hydrogen-bond acceptors (Lipinski definition) is 6. The summed E-state index contributed by atoms with van der Waals surface area (Å²) >= 11 is 6.96. The van der Waals surface area contributed by atoms with Crippen LogP contribution in [0.3, 0.4) is 0 Å². The zero-order chi connectivity index (χ0) is 20.3. The van der Waals surface area contributed by atoms with E-state index in [0.29, 0.717) is 27.6 Å². The maximum absolute atomic E-state index is 12.6. The third-order valence-corrected chi connectivity index (χ3v) is 5.21. The molecule has 0 aliphatic carbocycles. The minimum atomic E-state index is -0.523. The first kappa shape index (κ1) is 20.0. The number of methoxy groups -OCH3 is 2. The van der Waals surface area contributed by atoms with E-state index in [4.69, 9.17) is 21.1 Å². The molecule has 1 aliphatic heterocycles. The van der Waals surface area contributed by atoms with Crippen molar-refractivity contribution < 1.29 is 23.9 Å². The summed E-state index contributed by atoms with van der Waals surface area (Å²) in [6, 6.07) is 11.8. The monoisotopic (exact) mass is 417 g/mol. The van der Waals surface area contributed by atoms with Crippen LogP contribution in [0.1, 0.15) is 15.9 Å². The van der Waals surface area contributed by atoms with Crippen molar-refractivity contribution in [1.82, 2.24) is 4.90 Å². The molecule has 0 N–H and O–H groups in total. The molecule has 0 spiro atoms. The highest BCUT2D eigenvalue weighted by molar-refractivity contribution is 8.18. The lowest BCUT2D eigenvalue weighted by molar-refractivity contribution is -0.122. The predicted molar refractivity (Wildman–Crippen MR) is 108 cm³/mol. The Labute approximate surface area is 171 Å². The van der Waals surface area contributed by atoms with E-state index in [2.05, 4.69) is 0 Å². The normalized spacial score (nSPS) is 15.2. The van der Waals surface area contributed by atoms with Crippen molar-refractivity contribution in [3.63, 3.8) is 0 Å². The standard InChI is InChI=1S/C20H16ClNO5S/c1-26-16-9-12(8-14(21)18(16)27-2)10-17-19(24)22(20(25)28-17)11-15(23)13-6-4-3-5-7-13/h3-10H,11H2,1-2H3/b17-10-. The summed E-state index contributed by atoms with van der Waals surface area (Å²) < 4.78 is 10.4. The summed E-state index contributed by atoms with van der Waals surface area (Å²) in [5, 5.41) is -0.182. The zero-order valence-corrected chi connectivity index (χ0v) is 16.7. The first-order valence-electron chi connectivity index (χ1n) is 8.19. The summed E-state index contributed by atoms with van der Waals surface area (Å²) in [5.74, 6) is -0.0499. The minimum Gasteiger partial charge on any atom is -0.493 e. The Kier molecular flexibility index (Phi) is 6.06. The van der Waals surface area contributed by atoms with Gasteiger partial charge in [0.1, 0.15) is 0 Å². The Morgan fingerprint density at radius 1 is 1.14 bits per heavy atom. The van der Waals surface area contributed by atoms with Crippen LogP contribution in [0.15, 0.2) is 47.4 Å². The molecule has 2 aromatic rings. The first-order valence-corrected chi connectivity index (χ1v) is 9.39. The third-order valence-electron chi connectivity index (χ3n) is 4.02. The highest BCUT2D eigenvalue weighted by Gasteiger charge is 2.36. The number of Topliss-reactive ketones (excluding diaryl/α,β-unsaturated/α-hetero) is 1. The van der Waals surface area contributed by atoms with Gasteiger partial charge in [0.2, 0.25) is 0 Å². The Hall–Kier alpha value is -2.77. The van der Waals surface area contributed by atoms with Gasteiger partial charge >= 0.3 is 0 Å². The minimum absolute atomic E-state index is 0.203. The lowest BCUT2D eigenvalue weighted by atomic mass is 10.1. The van der Waals surface area contributed by atoms with E-state index in [1.807, 2.05) is 0 Å². The number of carbonyl (C=O) groups excluding carboxylic acids is 3. The van der Waals surface area contributed by atoms with Crippen LogP contribution in [0.25, 0.3) is 6.08 Å². The van der Waals surface area contributed by atoms with E-state index in [-0.39, 0.29) is 17.2 Å². The van der Waals surface area contributed by atoms with Crippen molar-refractivity contribution in [1.29, 1.82) is 0 Å². The average molecular weight is 418 g/mol. The molecule has 0 saturated carbocycles. The number of amides is 2. The van der Waals surface area contributed by atoms with E-state index in [0.717, 1.165) is 16.7 Å². The van der Waals surface area contributed by atoms with Crippen LogP contribution in [0, 0.1) is 0 Å². The molecule has 0 radical (unpaired) electrons. The molecule has 6 nitrogen and oxygen atoms in total. The first-order chi connectivity index (χ1) is 13.4. The van der Waals surface area contributed by atoms with Gasteiger partial charge in [-0.25, -0.2) is 0 Å². The van der Waals surface area contributed by atoms with Crippen LogP contribution in [0.5, 0.6) is 11.5 Å². The molecule has 3 rings (SSSR count). The number of ether oxygens (including phenoxy) is 2. The Morgan fingerprint density at radius 3 is 2.50 bits per heavy atom. The SMILES string of the molecule is COc1cc(/C=C2\SC(=O)N(CC(=O)c3ccccc3)C2=O)cc(Cl)c1OC. The van der Waals surface area contributed by atoms with Crippen LogP contribution in [-0.2, 0) is 4.79 Å². The second-order valence-corrected chi connectivity index (χ2v) is 7.20. The lowest BCUT2D eigenvalue weighted by Crippen LogP contribution is -2.33. The lowest BCUT2D eigenvalue weighted by Gasteiger charge is -2.11. The van der Waals surface area contributed by atoms with Crippen LogP contribution in [0.4, 0.5) is 4.79 Å². The molecular formula is C20H16ClNO5S.